The quantitative estimate of drug-likeness (QED) is 0.561. The van der Waals surface area contributed by atoms with E-state index < -0.39 is 0 Å². The Morgan fingerprint density at radius 3 is 2.82 bits per heavy atom. The third-order valence-electron chi connectivity index (χ3n) is 1.67. The third kappa shape index (κ3) is 1.86. The number of hydrogen-bond donors (Lipinski definition) is 1. The summed E-state index contributed by atoms with van der Waals surface area (Å²) in [7, 11) is 0. The van der Waals surface area contributed by atoms with Gasteiger partial charge in [-0.25, -0.2) is 0 Å². The summed E-state index contributed by atoms with van der Waals surface area (Å²) in [6.45, 7) is 0.955. The zero-order valence-corrected chi connectivity index (χ0v) is 8.67. The minimum Gasteiger partial charge on any atom is -0.381 e. The molecule has 0 saturated carbocycles. The van der Waals surface area contributed by atoms with E-state index in [-0.39, 0.29) is 29.6 Å². The van der Waals surface area contributed by atoms with E-state index in [0.717, 1.165) is 6.54 Å². The molecule has 1 radical (unpaired) electrons. The van der Waals surface area contributed by atoms with Crippen LogP contribution in [0.1, 0.15) is 5.56 Å². The molecule has 0 aromatic heterocycles. The Morgan fingerprint density at radius 1 is 1.18 bits per heavy atom. The van der Waals surface area contributed by atoms with Gasteiger partial charge in [0.25, 0.3) is 0 Å². The molecule has 11 heavy (non-hydrogen) atoms. The van der Waals surface area contributed by atoms with Gasteiger partial charge >= 0.3 is 0 Å². The summed E-state index contributed by atoms with van der Waals surface area (Å²) < 4.78 is 0. The molecule has 2 heteroatoms. The maximum absolute atomic E-state index is 3.28. The molecule has 2 rings (SSSR count). The number of nitrogens with one attached hydrogen (secondary N) is 1. The maximum atomic E-state index is 3.28. The fraction of sp³-hybridized carbons (Fsp3) is 0.111. The summed E-state index contributed by atoms with van der Waals surface area (Å²) in [5, 5.41) is 3.28. The van der Waals surface area contributed by atoms with Crippen LogP contribution in [0.15, 0.2) is 30.3 Å². The third-order valence-corrected chi connectivity index (χ3v) is 1.67. The molecule has 1 heterocycles. The molecule has 0 saturated heterocycles. The molecule has 0 amide bonds. The van der Waals surface area contributed by atoms with Gasteiger partial charge in [-0.2, -0.15) is 0 Å². The first-order valence-corrected chi connectivity index (χ1v) is 3.46. The van der Waals surface area contributed by atoms with Gasteiger partial charge in [-0.05, 0) is 11.6 Å². The molecule has 0 spiro atoms. The number of para-hydroxylation sites is 1. The van der Waals surface area contributed by atoms with Crippen LogP contribution in [0.25, 0.3) is 6.08 Å². The number of fused-ring (bicyclic) bond motifs is 1. The first-order chi connectivity index (χ1) is 4.97. The van der Waals surface area contributed by atoms with Gasteiger partial charge in [0.2, 0.25) is 0 Å². The van der Waals surface area contributed by atoms with Gasteiger partial charge in [0, 0.05) is 41.8 Å². The van der Waals surface area contributed by atoms with Crippen LogP contribution < -0.4 is 5.32 Å². The number of anilines is 1. The molecule has 0 aliphatic carbocycles. The van der Waals surface area contributed by atoms with Gasteiger partial charge in [-0.3, -0.25) is 0 Å². The summed E-state index contributed by atoms with van der Waals surface area (Å²) in [6.07, 6.45) is 4.27. The Morgan fingerprint density at radius 2 is 2.00 bits per heavy atom. The Labute approximate surface area is 88.8 Å². The Kier molecular flexibility index (Phi) is 3.18. The fourth-order valence-corrected chi connectivity index (χ4v) is 1.16. The van der Waals surface area contributed by atoms with Crippen molar-refractivity contribution in [3.8, 4) is 0 Å². The molecule has 1 aromatic carbocycles. The zero-order chi connectivity index (χ0) is 6.81. The molecular formula is C9H9NNa. The normalized spacial score (nSPS) is 12.7. The first-order valence-electron chi connectivity index (χ1n) is 3.46. The van der Waals surface area contributed by atoms with Gasteiger partial charge in [-0.15, -0.1) is 0 Å². The Balaban J connectivity index is 0.000000605. The standard InChI is InChI=1S/C9H9N.Na/c1-2-6-9-8(4-1)5-3-7-10-9;/h1-6,10H,7H2;. The molecule has 0 atom stereocenters. The SMILES string of the molecule is C1=Cc2ccccc2NC1.[Na]. The van der Waals surface area contributed by atoms with Crippen LogP contribution in [0.2, 0.25) is 0 Å². The van der Waals surface area contributed by atoms with Gasteiger partial charge in [-0.1, -0.05) is 30.4 Å². The van der Waals surface area contributed by atoms with Crippen molar-refractivity contribution in [2.45, 2.75) is 0 Å². The van der Waals surface area contributed by atoms with Crippen LogP contribution in [-0.4, -0.2) is 36.1 Å². The second-order valence-corrected chi connectivity index (χ2v) is 2.37. The Bertz CT molecular complexity index is 268. The average Bonchev–Trinajstić information content (AvgIpc) is 2.05. The van der Waals surface area contributed by atoms with Crippen LogP contribution in [-0.2, 0) is 0 Å². The molecule has 1 aromatic rings. The summed E-state index contributed by atoms with van der Waals surface area (Å²) in [4.78, 5) is 0. The van der Waals surface area contributed by atoms with Gasteiger partial charge in [0.1, 0.15) is 0 Å². The van der Waals surface area contributed by atoms with Crippen molar-refractivity contribution in [1.29, 1.82) is 0 Å². The first kappa shape index (κ1) is 8.85. The average molecular weight is 154 g/mol. The summed E-state index contributed by atoms with van der Waals surface area (Å²) in [5.41, 5.74) is 2.53. The van der Waals surface area contributed by atoms with E-state index in [9.17, 15) is 0 Å². The predicted molar refractivity (Wildman–Crippen MR) is 49.7 cm³/mol. The van der Waals surface area contributed by atoms with E-state index in [4.69, 9.17) is 0 Å². The van der Waals surface area contributed by atoms with Crippen LogP contribution in [0, 0.1) is 0 Å². The molecular weight excluding hydrogens is 145 g/mol. The van der Waals surface area contributed by atoms with Crippen molar-refractivity contribution >= 4 is 41.3 Å². The number of hydrogen-bond acceptors (Lipinski definition) is 1. The molecule has 1 nitrogen and oxygen atoms in total. The Hall–Kier alpha value is -0.240. The molecule has 0 fully saturated rings. The predicted octanol–water partition coefficient (Wildman–Crippen LogP) is 1.74. The van der Waals surface area contributed by atoms with E-state index in [1.54, 1.807) is 0 Å². The van der Waals surface area contributed by atoms with E-state index in [1.807, 2.05) is 6.07 Å². The van der Waals surface area contributed by atoms with Crippen molar-refractivity contribution < 1.29 is 0 Å². The smallest absolute Gasteiger partial charge is 0.0416 e. The van der Waals surface area contributed by atoms with Crippen molar-refractivity contribution in [2.75, 3.05) is 11.9 Å². The number of benzene rings is 1. The van der Waals surface area contributed by atoms with Gasteiger partial charge < -0.3 is 5.32 Å². The zero-order valence-electron chi connectivity index (χ0n) is 6.67. The topological polar surface area (TPSA) is 12.0 Å². The molecule has 51 valence electrons. The van der Waals surface area contributed by atoms with Crippen molar-refractivity contribution in [3.63, 3.8) is 0 Å². The minimum absolute atomic E-state index is 0. The second-order valence-electron chi connectivity index (χ2n) is 2.37. The van der Waals surface area contributed by atoms with E-state index in [0.29, 0.717) is 0 Å². The van der Waals surface area contributed by atoms with Crippen LogP contribution in [0.3, 0.4) is 0 Å². The van der Waals surface area contributed by atoms with E-state index in [2.05, 4.69) is 35.7 Å². The fourth-order valence-electron chi connectivity index (χ4n) is 1.16. The molecule has 0 bridgehead atoms. The number of rotatable bonds is 0. The van der Waals surface area contributed by atoms with Crippen LogP contribution in [0.5, 0.6) is 0 Å². The molecule has 1 aliphatic heterocycles. The maximum Gasteiger partial charge on any atom is 0.0416 e. The van der Waals surface area contributed by atoms with Gasteiger partial charge in [0.15, 0.2) is 0 Å². The van der Waals surface area contributed by atoms with Crippen LogP contribution >= 0.6 is 0 Å². The van der Waals surface area contributed by atoms with Gasteiger partial charge in [0.05, 0.1) is 0 Å². The van der Waals surface area contributed by atoms with Crippen LogP contribution in [0.4, 0.5) is 5.69 Å². The van der Waals surface area contributed by atoms with Crippen molar-refractivity contribution in [1.82, 2.24) is 0 Å². The van der Waals surface area contributed by atoms with Crippen molar-refractivity contribution in [3.05, 3.63) is 35.9 Å². The monoisotopic (exact) mass is 154 g/mol. The molecule has 1 aliphatic rings. The van der Waals surface area contributed by atoms with E-state index >= 15 is 0 Å². The van der Waals surface area contributed by atoms with E-state index in [1.165, 1.54) is 11.3 Å². The van der Waals surface area contributed by atoms with Crippen molar-refractivity contribution in [2.24, 2.45) is 0 Å². The summed E-state index contributed by atoms with van der Waals surface area (Å²) in [5.74, 6) is 0. The second kappa shape index (κ2) is 3.96. The molecule has 0 unspecified atom stereocenters. The minimum atomic E-state index is 0. The largest absolute Gasteiger partial charge is 0.381 e. The summed E-state index contributed by atoms with van der Waals surface area (Å²) in [6, 6.07) is 8.30. The molecule has 1 N–H and O–H groups in total. The summed E-state index contributed by atoms with van der Waals surface area (Å²) >= 11 is 0.